The van der Waals surface area contributed by atoms with Crippen molar-refractivity contribution in [3.05, 3.63) is 57.3 Å². The number of halogens is 1. The zero-order chi connectivity index (χ0) is 21.4. The molecule has 30 heavy (non-hydrogen) atoms. The van der Waals surface area contributed by atoms with E-state index in [0.29, 0.717) is 23.3 Å². The summed E-state index contributed by atoms with van der Waals surface area (Å²) in [6.45, 7) is 3.78. The van der Waals surface area contributed by atoms with E-state index in [4.69, 9.17) is 0 Å². The van der Waals surface area contributed by atoms with Crippen molar-refractivity contribution in [1.29, 1.82) is 0 Å². The minimum Gasteiger partial charge on any atom is -0.353 e. The Balaban J connectivity index is 1.70. The Bertz CT molecular complexity index is 1170. The molecule has 1 amide bonds. The molecule has 0 atom stereocenters. The van der Waals surface area contributed by atoms with E-state index in [9.17, 15) is 14.0 Å². The van der Waals surface area contributed by atoms with Gasteiger partial charge in [-0.15, -0.1) is 0 Å². The van der Waals surface area contributed by atoms with Crippen molar-refractivity contribution in [2.24, 2.45) is 7.05 Å². The van der Waals surface area contributed by atoms with Crippen molar-refractivity contribution >= 4 is 16.9 Å². The van der Waals surface area contributed by atoms with E-state index in [0.717, 1.165) is 42.3 Å². The summed E-state index contributed by atoms with van der Waals surface area (Å²) in [5.74, 6) is -0.365. The molecule has 0 spiro atoms. The molecule has 4 rings (SSSR count). The molecule has 2 heterocycles. The Morgan fingerprint density at radius 3 is 2.70 bits per heavy atom. The standard InChI is InChI=1S/C23H27FN4O2/c1-14-19(11-12-20(29)25-17-8-4-5-9-17)23(30)27(3)22-21(14)15(2)26-28(22)18-10-6-7-16(24)13-18/h6-7,10,13,17H,4-5,8-9,11-12H2,1-3H3,(H,25,29). The first-order valence-corrected chi connectivity index (χ1v) is 10.5. The van der Waals surface area contributed by atoms with Gasteiger partial charge in [-0.05, 0) is 56.9 Å². The lowest BCUT2D eigenvalue weighted by Crippen LogP contribution is -2.33. The lowest BCUT2D eigenvalue weighted by Gasteiger charge is -2.14. The third kappa shape index (κ3) is 3.64. The molecule has 0 unspecified atom stereocenters. The van der Waals surface area contributed by atoms with Gasteiger partial charge in [-0.25, -0.2) is 9.07 Å². The fourth-order valence-corrected chi connectivity index (χ4v) is 4.56. The number of benzene rings is 1. The normalized spacial score (nSPS) is 14.5. The number of amides is 1. The Kier molecular flexibility index (Phi) is 5.45. The zero-order valence-electron chi connectivity index (χ0n) is 17.7. The quantitative estimate of drug-likeness (QED) is 0.700. The average Bonchev–Trinajstić information content (AvgIpc) is 3.34. The Hall–Kier alpha value is -2.96. The molecular weight excluding hydrogens is 383 g/mol. The molecular formula is C23H27FN4O2. The van der Waals surface area contributed by atoms with Crippen LogP contribution in [0.3, 0.4) is 0 Å². The van der Waals surface area contributed by atoms with E-state index in [1.54, 1.807) is 28.4 Å². The molecule has 1 N–H and O–H groups in total. The molecule has 1 aliphatic carbocycles. The number of nitrogens with one attached hydrogen (secondary N) is 1. The SMILES string of the molecule is Cc1nn(-c2cccc(F)c2)c2c1c(C)c(CCC(=O)NC1CCCC1)c(=O)n2C. The molecule has 1 aromatic carbocycles. The van der Waals surface area contributed by atoms with Gasteiger partial charge >= 0.3 is 0 Å². The molecule has 0 aliphatic heterocycles. The van der Waals surface area contributed by atoms with Gasteiger partial charge in [0.05, 0.1) is 11.4 Å². The van der Waals surface area contributed by atoms with Gasteiger partial charge in [-0.3, -0.25) is 14.2 Å². The predicted molar refractivity (Wildman–Crippen MR) is 114 cm³/mol. The molecule has 7 heteroatoms. The molecule has 0 bridgehead atoms. The average molecular weight is 410 g/mol. The van der Waals surface area contributed by atoms with Crippen LogP contribution in [-0.4, -0.2) is 26.3 Å². The van der Waals surface area contributed by atoms with E-state index in [2.05, 4.69) is 10.4 Å². The first kappa shape index (κ1) is 20.3. The lowest BCUT2D eigenvalue weighted by molar-refractivity contribution is -0.121. The molecule has 0 radical (unpaired) electrons. The Morgan fingerprint density at radius 1 is 1.27 bits per heavy atom. The van der Waals surface area contributed by atoms with Crippen LogP contribution in [0.5, 0.6) is 0 Å². The van der Waals surface area contributed by atoms with Gasteiger partial charge in [-0.2, -0.15) is 5.10 Å². The molecule has 3 aromatic rings. The summed E-state index contributed by atoms with van der Waals surface area (Å²) in [6.07, 6.45) is 5.08. The fraction of sp³-hybridized carbons (Fsp3) is 0.435. The Labute approximate surface area is 174 Å². The fourth-order valence-electron chi connectivity index (χ4n) is 4.56. The van der Waals surface area contributed by atoms with E-state index < -0.39 is 0 Å². The molecule has 6 nitrogen and oxygen atoms in total. The van der Waals surface area contributed by atoms with Crippen LogP contribution in [0.2, 0.25) is 0 Å². The summed E-state index contributed by atoms with van der Waals surface area (Å²) in [4.78, 5) is 25.5. The third-order valence-corrected chi connectivity index (χ3v) is 6.12. The van der Waals surface area contributed by atoms with Crippen molar-refractivity contribution in [3.63, 3.8) is 0 Å². The highest BCUT2D eigenvalue weighted by molar-refractivity contribution is 5.85. The summed E-state index contributed by atoms with van der Waals surface area (Å²) in [5, 5.41) is 8.53. The van der Waals surface area contributed by atoms with Crippen molar-refractivity contribution in [2.75, 3.05) is 0 Å². The first-order valence-electron chi connectivity index (χ1n) is 10.5. The lowest BCUT2D eigenvalue weighted by atomic mass is 10.0. The van der Waals surface area contributed by atoms with Crippen LogP contribution < -0.4 is 10.9 Å². The van der Waals surface area contributed by atoms with Crippen LogP contribution in [0.1, 0.15) is 48.9 Å². The van der Waals surface area contributed by atoms with Crippen molar-refractivity contribution in [1.82, 2.24) is 19.7 Å². The van der Waals surface area contributed by atoms with Crippen LogP contribution in [-0.2, 0) is 18.3 Å². The summed E-state index contributed by atoms with van der Waals surface area (Å²) < 4.78 is 16.9. The molecule has 1 fully saturated rings. The highest BCUT2D eigenvalue weighted by atomic mass is 19.1. The minimum absolute atomic E-state index is 0.00405. The smallest absolute Gasteiger partial charge is 0.255 e. The second kappa shape index (κ2) is 8.05. The van der Waals surface area contributed by atoms with Crippen molar-refractivity contribution in [2.45, 2.75) is 58.4 Å². The van der Waals surface area contributed by atoms with Crippen molar-refractivity contribution in [3.8, 4) is 5.69 Å². The van der Waals surface area contributed by atoms with Gasteiger partial charge in [0.1, 0.15) is 11.5 Å². The highest BCUT2D eigenvalue weighted by Crippen LogP contribution is 2.26. The first-order chi connectivity index (χ1) is 14.4. The third-order valence-electron chi connectivity index (χ3n) is 6.12. The number of pyridine rings is 1. The molecule has 1 saturated carbocycles. The van der Waals surface area contributed by atoms with E-state index >= 15 is 0 Å². The monoisotopic (exact) mass is 410 g/mol. The van der Waals surface area contributed by atoms with Gasteiger partial charge in [-0.1, -0.05) is 18.9 Å². The zero-order valence-corrected chi connectivity index (χ0v) is 17.7. The predicted octanol–water partition coefficient (Wildman–Crippen LogP) is 3.47. The molecule has 1 aliphatic rings. The number of hydrogen-bond acceptors (Lipinski definition) is 3. The Morgan fingerprint density at radius 2 is 2.00 bits per heavy atom. The van der Waals surface area contributed by atoms with E-state index in [1.807, 2.05) is 13.8 Å². The number of aromatic nitrogens is 3. The number of aryl methyl sites for hydroxylation is 3. The van der Waals surface area contributed by atoms with Crippen LogP contribution in [0, 0.1) is 19.7 Å². The maximum absolute atomic E-state index is 13.8. The van der Waals surface area contributed by atoms with Crippen LogP contribution in [0.4, 0.5) is 4.39 Å². The summed E-state index contributed by atoms with van der Waals surface area (Å²) in [6, 6.07) is 6.43. The second-order valence-electron chi connectivity index (χ2n) is 8.19. The van der Waals surface area contributed by atoms with Crippen LogP contribution >= 0.6 is 0 Å². The number of fused-ring (bicyclic) bond motifs is 1. The highest BCUT2D eigenvalue weighted by Gasteiger charge is 2.21. The summed E-state index contributed by atoms with van der Waals surface area (Å²) in [7, 11) is 1.70. The van der Waals surface area contributed by atoms with Crippen LogP contribution in [0.25, 0.3) is 16.7 Å². The number of rotatable bonds is 5. The van der Waals surface area contributed by atoms with Gasteiger partial charge in [0.25, 0.3) is 5.56 Å². The van der Waals surface area contributed by atoms with Gasteiger partial charge in [0, 0.05) is 30.5 Å². The van der Waals surface area contributed by atoms with Crippen molar-refractivity contribution < 1.29 is 9.18 Å². The van der Waals surface area contributed by atoms with E-state index in [1.165, 1.54) is 12.1 Å². The maximum atomic E-state index is 13.8. The molecule has 2 aromatic heterocycles. The number of carbonyl (C=O) groups is 1. The minimum atomic E-state index is -0.361. The molecule has 0 saturated heterocycles. The topological polar surface area (TPSA) is 68.9 Å². The summed E-state index contributed by atoms with van der Waals surface area (Å²) in [5.41, 5.74) is 3.27. The van der Waals surface area contributed by atoms with Gasteiger partial charge < -0.3 is 5.32 Å². The second-order valence-corrected chi connectivity index (χ2v) is 8.19. The van der Waals surface area contributed by atoms with Gasteiger partial charge in [0.15, 0.2) is 0 Å². The largest absolute Gasteiger partial charge is 0.353 e. The summed E-state index contributed by atoms with van der Waals surface area (Å²) >= 11 is 0. The number of nitrogens with zero attached hydrogens (tertiary/aromatic N) is 3. The van der Waals surface area contributed by atoms with Crippen LogP contribution in [0.15, 0.2) is 29.1 Å². The number of carbonyl (C=O) groups excluding carboxylic acids is 1. The molecule has 158 valence electrons. The number of hydrogen-bond donors (Lipinski definition) is 1. The van der Waals surface area contributed by atoms with Gasteiger partial charge in [0.2, 0.25) is 5.91 Å². The maximum Gasteiger partial charge on any atom is 0.255 e. The van der Waals surface area contributed by atoms with E-state index in [-0.39, 0.29) is 29.7 Å².